The smallest absolute Gasteiger partial charge is 0.220 e. The van der Waals surface area contributed by atoms with Crippen molar-refractivity contribution < 1.29 is 4.79 Å². The van der Waals surface area contributed by atoms with Crippen LogP contribution in [0.15, 0.2) is 0 Å². The highest BCUT2D eigenvalue weighted by molar-refractivity contribution is 5.73. The lowest BCUT2D eigenvalue weighted by Gasteiger charge is -2.27. The molecule has 1 aromatic rings. The number of carbonyl (C=O) groups excluding carboxylic acids is 1. The van der Waals surface area contributed by atoms with E-state index in [2.05, 4.69) is 21.2 Å². The van der Waals surface area contributed by atoms with Crippen molar-refractivity contribution in [3.8, 4) is 6.07 Å². The second-order valence-electron chi connectivity index (χ2n) is 6.29. The molecular weight excluding hydrogens is 280 g/mol. The Balaban J connectivity index is 1.70. The van der Waals surface area contributed by atoms with Crippen molar-refractivity contribution in [3.63, 3.8) is 0 Å². The monoisotopic (exact) mass is 302 g/mol. The molecule has 7 heteroatoms. The zero-order valence-electron chi connectivity index (χ0n) is 13.2. The summed E-state index contributed by atoms with van der Waals surface area (Å²) in [5.41, 5.74) is 0. The summed E-state index contributed by atoms with van der Waals surface area (Å²) in [6, 6.07) is 2.34. The van der Waals surface area contributed by atoms with Crippen molar-refractivity contribution in [1.82, 2.24) is 24.6 Å². The molecule has 1 saturated carbocycles. The van der Waals surface area contributed by atoms with Gasteiger partial charge < -0.3 is 9.47 Å². The molecule has 1 atom stereocenters. The maximum atomic E-state index is 12.0. The fraction of sp³-hybridized carbons (Fsp3) is 0.733. The van der Waals surface area contributed by atoms with Crippen molar-refractivity contribution in [2.75, 3.05) is 19.6 Å². The van der Waals surface area contributed by atoms with Crippen LogP contribution in [-0.2, 0) is 18.4 Å². The number of carbonyl (C=O) groups is 1. The molecule has 0 radical (unpaired) electrons. The standard InChI is InChI=1S/C15H22N6O/c1-11(22)21(13-5-7-20(9-13)8-6-16)10-14-17-18-15(19(14)2)12-3-4-12/h12-13H,3-5,7-10H2,1-2H3/t13-/m1/s1. The molecule has 0 bridgehead atoms. The maximum absolute atomic E-state index is 12.0. The molecule has 0 unspecified atom stereocenters. The molecule has 118 valence electrons. The van der Waals surface area contributed by atoms with Crippen LogP contribution in [0, 0.1) is 11.3 Å². The summed E-state index contributed by atoms with van der Waals surface area (Å²) in [5.74, 6) is 2.49. The molecule has 7 nitrogen and oxygen atoms in total. The van der Waals surface area contributed by atoms with Crippen molar-refractivity contribution in [2.45, 2.75) is 44.7 Å². The van der Waals surface area contributed by atoms with Crippen LogP contribution in [0.1, 0.15) is 43.8 Å². The number of hydrogen-bond acceptors (Lipinski definition) is 5. The summed E-state index contributed by atoms with van der Waals surface area (Å²) < 4.78 is 2.04. The van der Waals surface area contributed by atoms with Crippen molar-refractivity contribution in [3.05, 3.63) is 11.6 Å². The number of likely N-dealkylation sites (tertiary alicyclic amines) is 1. The highest BCUT2D eigenvalue weighted by Gasteiger charge is 2.32. The van der Waals surface area contributed by atoms with Gasteiger partial charge in [0.15, 0.2) is 5.82 Å². The SMILES string of the molecule is CC(=O)N(Cc1nnc(C2CC2)n1C)[C@@H]1CCN(CC#N)C1. The van der Waals surface area contributed by atoms with Crippen LogP contribution >= 0.6 is 0 Å². The molecule has 0 aromatic carbocycles. The number of amides is 1. The van der Waals surface area contributed by atoms with Gasteiger partial charge in [-0.05, 0) is 19.3 Å². The molecule has 22 heavy (non-hydrogen) atoms. The second-order valence-corrected chi connectivity index (χ2v) is 6.29. The van der Waals surface area contributed by atoms with Gasteiger partial charge in [0.25, 0.3) is 0 Å². The number of nitrogens with zero attached hydrogens (tertiary/aromatic N) is 6. The molecule has 1 amide bonds. The minimum atomic E-state index is 0.0554. The van der Waals surface area contributed by atoms with Gasteiger partial charge in [-0.15, -0.1) is 10.2 Å². The molecule has 1 aliphatic heterocycles. The minimum absolute atomic E-state index is 0.0554. The van der Waals surface area contributed by atoms with Crippen LogP contribution < -0.4 is 0 Å². The predicted octanol–water partition coefficient (Wildman–Crippen LogP) is 0.639. The fourth-order valence-electron chi connectivity index (χ4n) is 3.17. The van der Waals surface area contributed by atoms with Gasteiger partial charge in [-0.1, -0.05) is 0 Å². The third-order valence-electron chi connectivity index (χ3n) is 4.64. The first-order valence-corrected chi connectivity index (χ1v) is 7.84. The van der Waals surface area contributed by atoms with E-state index in [0.717, 1.165) is 31.2 Å². The Morgan fingerprint density at radius 1 is 1.41 bits per heavy atom. The Kier molecular flexibility index (Phi) is 4.12. The van der Waals surface area contributed by atoms with E-state index in [0.29, 0.717) is 19.0 Å². The molecule has 2 heterocycles. The van der Waals surface area contributed by atoms with Gasteiger partial charge in [-0.2, -0.15) is 5.26 Å². The van der Waals surface area contributed by atoms with E-state index in [1.807, 2.05) is 16.5 Å². The van der Waals surface area contributed by atoms with Crippen LogP contribution in [0.25, 0.3) is 0 Å². The Hall–Kier alpha value is -1.94. The first-order chi connectivity index (χ1) is 10.6. The Morgan fingerprint density at radius 2 is 2.18 bits per heavy atom. The van der Waals surface area contributed by atoms with Gasteiger partial charge in [-0.3, -0.25) is 9.69 Å². The molecule has 2 aliphatic rings. The van der Waals surface area contributed by atoms with Gasteiger partial charge >= 0.3 is 0 Å². The summed E-state index contributed by atoms with van der Waals surface area (Å²) in [6.07, 6.45) is 3.29. The number of rotatable bonds is 5. The Bertz CT molecular complexity index is 600. The van der Waals surface area contributed by atoms with Crippen molar-refractivity contribution >= 4 is 5.91 Å². The topological polar surface area (TPSA) is 78.1 Å². The highest BCUT2D eigenvalue weighted by Crippen LogP contribution is 2.38. The molecular formula is C15H22N6O. The van der Waals surface area contributed by atoms with E-state index in [4.69, 9.17) is 5.26 Å². The van der Waals surface area contributed by atoms with Crippen LogP contribution in [0.4, 0.5) is 0 Å². The summed E-state index contributed by atoms with van der Waals surface area (Å²) >= 11 is 0. The van der Waals surface area contributed by atoms with E-state index in [1.165, 1.54) is 12.8 Å². The highest BCUT2D eigenvalue weighted by atomic mass is 16.2. The van der Waals surface area contributed by atoms with Gasteiger partial charge in [0.1, 0.15) is 5.82 Å². The molecule has 1 saturated heterocycles. The molecule has 1 aliphatic carbocycles. The Labute approximate surface area is 130 Å². The van der Waals surface area contributed by atoms with Crippen molar-refractivity contribution in [1.29, 1.82) is 5.26 Å². The zero-order valence-corrected chi connectivity index (χ0v) is 13.2. The third kappa shape index (κ3) is 2.97. The average molecular weight is 302 g/mol. The largest absolute Gasteiger partial charge is 0.331 e. The van der Waals surface area contributed by atoms with Crippen LogP contribution in [0.5, 0.6) is 0 Å². The van der Waals surface area contributed by atoms with Crippen LogP contribution in [0.3, 0.4) is 0 Å². The van der Waals surface area contributed by atoms with E-state index in [9.17, 15) is 4.79 Å². The van der Waals surface area contributed by atoms with E-state index in [1.54, 1.807) is 6.92 Å². The van der Waals surface area contributed by atoms with Gasteiger partial charge in [0, 0.05) is 39.0 Å². The Morgan fingerprint density at radius 3 is 2.82 bits per heavy atom. The maximum Gasteiger partial charge on any atom is 0.220 e. The summed E-state index contributed by atoms with van der Waals surface area (Å²) in [6.45, 7) is 4.16. The van der Waals surface area contributed by atoms with Gasteiger partial charge in [0.05, 0.1) is 19.2 Å². The predicted molar refractivity (Wildman–Crippen MR) is 79.7 cm³/mol. The number of hydrogen-bond donors (Lipinski definition) is 0. The quantitative estimate of drug-likeness (QED) is 0.746. The van der Waals surface area contributed by atoms with Crippen LogP contribution in [0.2, 0.25) is 0 Å². The summed E-state index contributed by atoms with van der Waals surface area (Å²) in [7, 11) is 1.98. The normalized spacial score (nSPS) is 21.8. The molecule has 0 spiro atoms. The van der Waals surface area contributed by atoms with Gasteiger partial charge in [0.2, 0.25) is 5.91 Å². The van der Waals surface area contributed by atoms with Gasteiger partial charge in [-0.25, -0.2) is 0 Å². The number of aromatic nitrogens is 3. The zero-order chi connectivity index (χ0) is 15.7. The molecule has 3 rings (SSSR count). The first kappa shape index (κ1) is 15.0. The molecule has 2 fully saturated rings. The third-order valence-corrected chi connectivity index (χ3v) is 4.64. The lowest BCUT2D eigenvalue weighted by Crippen LogP contribution is -2.41. The summed E-state index contributed by atoms with van der Waals surface area (Å²) in [5, 5.41) is 17.4. The van der Waals surface area contributed by atoms with E-state index < -0.39 is 0 Å². The van der Waals surface area contributed by atoms with E-state index in [-0.39, 0.29) is 11.9 Å². The average Bonchev–Trinajstić information content (AvgIpc) is 3.11. The molecule has 1 aromatic heterocycles. The molecule has 0 N–H and O–H groups in total. The van der Waals surface area contributed by atoms with Crippen molar-refractivity contribution in [2.24, 2.45) is 7.05 Å². The van der Waals surface area contributed by atoms with Crippen LogP contribution in [-0.4, -0.2) is 56.1 Å². The fourth-order valence-corrected chi connectivity index (χ4v) is 3.17. The lowest BCUT2D eigenvalue weighted by molar-refractivity contribution is -0.131. The first-order valence-electron chi connectivity index (χ1n) is 7.84. The summed E-state index contributed by atoms with van der Waals surface area (Å²) in [4.78, 5) is 16.0. The number of nitriles is 1. The second kappa shape index (κ2) is 6.05. The van der Waals surface area contributed by atoms with E-state index >= 15 is 0 Å². The minimum Gasteiger partial charge on any atom is -0.331 e. The lowest BCUT2D eigenvalue weighted by atomic mass is 10.2.